The highest BCUT2D eigenvalue weighted by Gasteiger charge is 2.40. The first-order valence-electron chi connectivity index (χ1n) is 9.36. The maximum absolute atomic E-state index is 12.5. The topological polar surface area (TPSA) is 109 Å². The molecule has 2 atom stereocenters. The van der Waals surface area contributed by atoms with Crippen LogP contribution in [0.25, 0.3) is 0 Å². The van der Waals surface area contributed by atoms with E-state index in [0.717, 1.165) is 12.8 Å². The van der Waals surface area contributed by atoms with E-state index in [1.807, 2.05) is 6.07 Å². The summed E-state index contributed by atoms with van der Waals surface area (Å²) < 4.78 is 16.5. The molecule has 8 nitrogen and oxygen atoms in total. The van der Waals surface area contributed by atoms with Crippen molar-refractivity contribution in [3.63, 3.8) is 0 Å². The molecule has 0 aliphatic carbocycles. The van der Waals surface area contributed by atoms with Crippen LogP contribution in [-0.4, -0.2) is 61.4 Å². The molecule has 1 unspecified atom stereocenters. The average Bonchev–Trinajstić information content (AvgIpc) is 3.22. The van der Waals surface area contributed by atoms with Crippen LogP contribution in [0.5, 0.6) is 11.5 Å². The zero-order valence-corrected chi connectivity index (χ0v) is 15.8. The van der Waals surface area contributed by atoms with E-state index in [4.69, 9.17) is 19.5 Å². The monoisotopic (exact) mass is 388 g/mol. The van der Waals surface area contributed by atoms with Crippen LogP contribution in [-0.2, 0) is 14.3 Å². The van der Waals surface area contributed by atoms with Gasteiger partial charge in [-0.15, -0.1) is 0 Å². The molecule has 0 bridgehead atoms. The van der Waals surface area contributed by atoms with Crippen LogP contribution in [0, 0.1) is 23.2 Å². The molecule has 8 heteroatoms. The van der Waals surface area contributed by atoms with Gasteiger partial charge in [0.05, 0.1) is 30.8 Å². The van der Waals surface area contributed by atoms with Crippen molar-refractivity contribution in [2.45, 2.75) is 25.4 Å². The van der Waals surface area contributed by atoms with Crippen molar-refractivity contribution < 1.29 is 28.9 Å². The SMILES string of the molecule is COc1cc(C#N)ccc1OCC(=O)N1CCC([C@@H]2OCCC2C(=O)O)CC1. The van der Waals surface area contributed by atoms with E-state index in [1.54, 1.807) is 23.1 Å². The Morgan fingerprint density at radius 1 is 1.29 bits per heavy atom. The van der Waals surface area contributed by atoms with Crippen molar-refractivity contribution in [2.75, 3.05) is 33.4 Å². The van der Waals surface area contributed by atoms with Crippen LogP contribution in [0.3, 0.4) is 0 Å². The maximum Gasteiger partial charge on any atom is 0.309 e. The van der Waals surface area contributed by atoms with E-state index in [9.17, 15) is 14.7 Å². The van der Waals surface area contributed by atoms with E-state index >= 15 is 0 Å². The fourth-order valence-electron chi connectivity index (χ4n) is 3.90. The molecule has 1 amide bonds. The van der Waals surface area contributed by atoms with Gasteiger partial charge < -0.3 is 24.2 Å². The van der Waals surface area contributed by atoms with Crippen LogP contribution >= 0.6 is 0 Å². The van der Waals surface area contributed by atoms with Gasteiger partial charge in [-0.25, -0.2) is 0 Å². The molecule has 2 aliphatic heterocycles. The summed E-state index contributed by atoms with van der Waals surface area (Å²) in [6.07, 6.45) is 1.74. The second-order valence-corrected chi connectivity index (χ2v) is 7.05. The third kappa shape index (κ3) is 4.37. The number of piperidine rings is 1. The molecule has 2 fully saturated rings. The van der Waals surface area contributed by atoms with Crippen LogP contribution in [0.4, 0.5) is 0 Å². The number of likely N-dealkylation sites (tertiary alicyclic amines) is 1. The minimum atomic E-state index is -0.800. The predicted molar refractivity (Wildman–Crippen MR) is 98.0 cm³/mol. The molecule has 1 aromatic carbocycles. The van der Waals surface area contributed by atoms with Crippen molar-refractivity contribution in [3.8, 4) is 17.6 Å². The summed E-state index contributed by atoms with van der Waals surface area (Å²) >= 11 is 0. The van der Waals surface area contributed by atoms with Crippen molar-refractivity contribution in [1.29, 1.82) is 5.26 Å². The Hall–Kier alpha value is -2.79. The number of carboxylic acid groups (broad SMARTS) is 1. The molecule has 0 saturated carbocycles. The number of benzene rings is 1. The number of rotatable bonds is 6. The highest BCUT2D eigenvalue weighted by molar-refractivity contribution is 5.78. The Morgan fingerprint density at radius 2 is 2.04 bits per heavy atom. The number of methoxy groups -OCH3 is 1. The highest BCUT2D eigenvalue weighted by Crippen LogP contribution is 2.33. The van der Waals surface area contributed by atoms with E-state index in [0.29, 0.717) is 43.2 Å². The molecule has 2 heterocycles. The molecule has 1 N–H and O–H groups in total. The Balaban J connectivity index is 1.51. The first-order chi connectivity index (χ1) is 13.5. The normalized spacial score (nSPS) is 22.5. The Morgan fingerprint density at radius 3 is 2.68 bits per heavy atom. The second-order valence-electron chi connectivity index (χ2n) is 7.05. The molecule has 3 rings (SSSR count). The number of carbonyl (C=O) groups excluding carboxylic acids is 1. The molecule has 150 valence electrons. The lowest BCUT2D eigenvalue weighted by molar-refractivity contribution is -0.146. The van der Waals surface area contributed by atoms with Crippen LogP contribution in [0.15, 0.2) is 18.2 Å². The van der Waals surface area contributed by atoms with Gasteiger partial charge in [-0.3, -0.25) is 9.59 Å². The van der Waals surface area contributed by atoms with Crippen molar-refractivity contribution in [1.82, 2.24) is 4.90 Å². The Labute approximate surface area is 163 Å². The van der Waals surface area contributed by atoms with E-state index in [2.05, 4.69) is 0 Å². The number of carbonyl (C=O) groups is 2. The maximum atomic E-state index is 12.5. The first-order valence-corrected chi connectivity index (χ1v) is 9.36. The van der Waals surface area contributed by atoms with E-state index < -0.39 is 11.9 Å². The van der Waals surface area contributed by atoms with Gasteiger partial charge in [0.2, 0.25) is 0 Å². The zero-order valence-electron chi connectivity index (χ0n) is 15.8. The number of hydrogen-bond donors (Lipinski definition) is 1. The molecular weight excluding hydrogens is 364 g/mol. The van der Waals surface area contributed by atoms with E-state index in [-0.39, 0.29) is 24.5 Å². The lowest BCUT2D eigenvalue weighted by atomic mass is 9.84. The van der Waals surface area contributed by atoms with E-state index in [1.165, 1.54) is 7.11 Å². The number of carboxylic acids is 1. The third-order valence-electron chi connectivity index (χ3n) is 5.45. The van der Waals surface area contributed by atoms with Crippen molar-refractivity contribution >= 4 is 11.9 Å². The minimum Gasteiger partial charge on any atom is -0.493 e. The summed E-state index contributed by atoms with van der Waals surface area (Å²) in [4.78, 5) is 25.6. The molecule has 0 aromatic heterocycles. The Bertz CT molecular complexity index is 766. The quantitative estimate of drug-likeness (QED) is 0.789. The smallest absolute Gasteiger partial charge is 0.309 e. The first kappa shape index (κ1) is 20.0. The molecule has 28 heavy (non-hydrogen) atoms. The van der Waals surface area contributed by atoms with Gasteiger partial charge in [0.1, 0.15) is 0 Å². The third-order valence-corrected chi connectivity index (χ3v) is 5.45. The number of amides is 1. The average molecular weight is 388 g/mol. The lowest BCUT2D eigenvalue weighted by Gasteiger charge is -2.35. The summed E-state index contributed by atoms with van der Waals surface area (Å²) in [5, 5.41) is 18.3. The standard InChI is InChI=1S/C20H24N2O6/c1-26-17-10-13(11-21)2-3-16(17)28-12-18(23)22-7-4-14(5-8-22)19-15(20(24)25)6-9-27-19/h2-3,10,14-15,19H,4-9,12H2,1H3,(H,24,25)/t15?,19-/m0/s1. The van der Waals surface area contributed by atoms with Gasteiger partial charge >= 0.3 is 5.97 Å². The molecular formula is C20H24N2O6. The van der Waals surface area contributed by atoms with Crippen molar-refractivity contribution in [2.24, 2.45) is 11.8 Å². The van der Waals surface area contributed by atoms with Gasteiger partial charge in [0, 0.05) is 25.8 Å². The molecule has 2 aliphatic rings. The highest BCUT2D eigenvalue weighted by atomic mass is 16.5. The summed E-state index contributed by atoms with van der Waals surface area (Å²) in [7, 11) is 1.48. The number of ether oxygens (including phenoxy) is 3. The largest absolute Gasteiger partial charge is 0.493 e. The fraction of sp³-hybridized carbons (Fsp3) is 0.550. The number of nitrogens with zero attached hydrogens (tertiary/aromatic N) is 2. The number of nitriles is 1. The molecule has 1 aromatic rings. The predicted octanol–water partition coefficient (Wildman–Crippen LogP) is 1.67. The molecule has 2 saturated heterocycles. The van der Waals surface area contributed by atoms with Crippen LogP contribution in [0.1, 0.15) is 24.8 Å². The van der Waals surface area contributed by atoms with Gasteiger partial charge in [-0.05, 0) is 37.3 Å². The minimum absolute atomic E-state index is 0.120. The molecule has 0 spiro atoms. The summed E-state index contributed by atoms with van der Waals surface area (Å²) in [6, 6.07) is 6.80. The summed E-state index contributed by atoms with van der Waals surface area (Å²) in [6.45, 7) is 1.48. The molecule has 0 radical (unpaired) electrons. The van der Waals surface area contributed by atoms with Gasteiger partial charge in [-0.2, -0.15) is 5.26 Å². The van der Waals surface area contributed by atoms with Crippen LogP contribution < -0.4 is 9.47 Å². The van der Waals surface area contributed by atoms with Gasteiger partial charge in [0.15, 0.2) is 18.1 Å². The lowest BCUT2D eigenvalue weighted by Crippen LogP contribution is -2.44. The van der Waals surface area contributed by atoms with Gasteiger partial charge in [-0.1, -0.05) is 0 Å². The summed E-state index contributed by atoms with van der Waals surface area (Å²) in [5.41, 5.74) is 0.450. The fourth-order valence-corrected chi connectivity index (χ4v) is 3.90. The zero-order chi connectivity index (χ0) is 20.1. The Kier molecular flexibility index (Phi) is 6.37. The van der Waals surface area contributed by atoms with Gasteiger partial charge in [0.25, 0.3) is 5.91 Å². The number of hydrogen-bond acceptors (Lipinski definition) is 6. The van der Waals surface area contributed by atoms with Crippen molar-refractivity contribution in [3.05, 3.63) is 23.8 Å². The van der Waals surface area contributed by atoms with Crippen LogP contribution in [0.2, 0.25) is 0 Å². The second kappa shape index (κ2) is 8.93. The number of aliphatic carboxylic acids is 1. The summed E-state index contributed by atoms with van der Waals surface area (Å²) in [5.74, 6) is -0.401.